The van der Waals surface area contributed by atoms with Gasteiger partial charge < -0.3 is 9.47 Å². The lowest BCUT2D eigenvalue weighted by Gasteiger charge is -2.03. The molecule has 0 aromatic rings. The maximum absolute atomic E-state index is 11.9. The smallest absolute Gasteiger partial charge is 0.346 e. The molecule has 0 atom stereocenters. The van der Waals surface area contributed by atoms with Gasteiger partial charge in [-0.3, -0.25) is 0 Å². The molecule has 0 spiro atoms. The first-order chi connectivity index (χ1) is 11.1. The van der Waals surface area contributed by atoms with Gasteiger partial charge >= 0.3 is 11.9 Å². The predicted octanol–water partition coefficient (Wildman–Crippen LogP) is 4.63. The van der Waals surface area contributed by atoms with E-state index >= 15 is 0 Å². The summed E-state index contributed by atoms with van der Waals surface area (Å²) in [4.78, 5) is 24.5. The highest BCUT2D eigenvalue weighted by atomic mass is 32.3. The van der Waals surface area contributed by atoms with Crippen molar-refractivity contribution in [3.63, 3.8) is 0 Å². The summed E-state index contributed by atoms with van der Waals surface area (Å²) in [7, 11) is 2.63. The lowest BCUT2D eigenvalue weighted by Crippen LogP contribution is -2.08. The van der Waals surface area contributed by atoms with Crippen LogP contribution in [0.2, 0.25) is 0 Å². The molecule has 0 aromatic heterocycles. The Balaban J connectivity index is 1.82. The van der Waals surface area contributed by atoms with E-state index in [0.29, 0.717) is 9.81 Å². The normalized spacial score (nSPS) is 21.5. The zero-order valence-corrected chi connectivity index (χ0v) is 17.1. The average molecular weight is 425 g/mol. The summed E-state index contributed by atoms with van der Waals surface area (Å²) in [6.07, 6.45) is 1.22. The van der Waals surface area contributed by atoms with Crippen molar-refractivity contribution in [2.24, 2.45) is 0 Å². The fourth-order valence-corrected chi connectivity index (χ4v) is 10.6. The van der Waals surface area contributed by atoms with Crippen molar-refractivity contribution < 1.29 is 19.1 Å². The highest BCUT2D eigenvalue weighted by Gasteiger charge is 2.36. The molecule has 4 nitrogen and oxygen atoms in total. The summed E-state index contributed by atoms with van der Waals surface area (Å²) in [5, 5.41) is 0. The minimum atomic E-state index is -0.496. The molecule has 3 rings (SSSR count). The first-order valence-electron chi connectivity index (χ1n) is 6.50. The number of rotatable bonds is 2. The maximum Gasteiger partial charge on any atom is 0.346 e. The van der Waals surface area contributed by atoms with Crippen molar-refractivity contribution in [1.29, 1.82) is 0 Å². The van der Waals surface area contributed by atoms with Gasteiger partial charge in [0.25, 0.3) is 0 Å². The number of thioether (sulfide) groups is 6. The molecule has 0 aliphatic carbocycles. The van der Waals surface area contributed by atoms with Gasteiger partial charge in [-0.1, -0.05) is 47.0 Å². The Hall–Kier alpha value is 0.260. The third kappa shape index (κ3) is 3.92. The number of carbonyl (C=O) groups is 2. The van der Waals surface area contributed by atoms with Crippen LogP contribution in [0.1, 0.15) is 6.42 Å². The third-order valence-electron chi connectivity index (χ3n) is 2.80. The molecule has 23 heavy (non-hydrogen) atoms. The fraction of sp³-hybridized carbons (Fsp3) is 0.385. The van der Waals surface area contributed by atoms with Crippen LogP contribution in [0.5, 0.6) is 0 Å². The van der Waals surface area contributed by atoms with Crippen molar-refractivity contribution in [2.75, 3.05) is 25.7 Å². The Kier molecular flexibility index (Phi) is 6.36. The van der Waals surface area contributed by atoms with Gasteiger partial charge in [0.05, 0.1) is 31.2 Å². The van der Waals surface area contributed by atoms with E-state index in [9.17, 15) is 9.59 Å². The summed E-state index contributed by atoms with van der Waals surface area (Å²) in [6.45, 7) is 0. The van der Waals surface area contributed by atoms with Gasteiger partial charge in [-0.2, -0.15) is 0 Å². The quantitative estimate of drug-likeness (QED) is 0.586. The minimum Gasteiger partial charge on any atom is -0.465 e. The lowest BCUT2D eigenvalue weighted by molar-refractivity contribution is -0.138. The molecule has 3 heterocycles. The minimum absolute atomic E-state index is 0.315. The van der Waals surface area contributed by atoms with Crippen molar-refractivity contribution in [1.82, 2.24) is 0 Å². The number of hydrogen-bond acceptors (Lipinski definition) is 10. The zero-order valence-electron chi connectivity index (χ0n) is 12.2. The molecule has 0 bridgehead atoms. The van der Waals surface area contributed by atoms with E-state index in [1.165, 1.54) is 52.6 Å². The second-order valence-corrected chi connectivity index (χ2v) is 11.6. The van der Waals surface area contributed by atoms with Crippen LogP contribution >= 0.6 is 70.6 Å². The highest BCUT2D eigenvalue weighted by molar-refractivity contribution is 8.42. The molecule has 0 saturated carbocycles. The summed E-state index contributed by atoms with van der Waals surface area (Å²) >= 11 is 9.87. The molecule has 0 fully saturated rings. The summed E-state index contributed by atoms with van der Waals surface area (Å²) < 4.78 is 14.3. The largest absolute Gasteiger partial charge is 0.465 e. The van der Waals surface area contributed by atoms with Gasteiger partial charge in [0.2, 0.25) is 0 Å². The molecular weight excluding hydrogens is 413 g/mol. The van der Waals surface area contributed by atoms with Crippen molar-refractivity contribution >= 4 is 82.5 Å². The van der Waals surface area contributed by atoms with E-state index in [1.54, 1.807) is 23.5 Å². The lowest BCUT2D eigenvalue weighted by atomic mass is 10.5. The van der Waals surface area contributed by atoms with E-state index < -0.39 is 11.9 Å². The van der Waals surface area contributed by atoms with Gasteiger partial charge in [-0.15, -0.1) is 23.5 Å². The van der Waals surface area contributed by atoms with Crippen LogP contribution in [0.15, 0.2) is 26.8 Å². The molecule has 3 aliphatic rings. The Labute approximate surface area is 159 Å². The average Bonchev–Trinajstić information content (AvgIpc) is 3.12. The van der Waals surface area contributed by atoms with E-state index in [1.807, 2.05) is 23.5 Å². The van der Waals surface area contributed by atoms with E-state index in [0.717, 1.165) is 20.0 Å². The van der Waals surface area contributed by atoms with Crippen molar-refractivity contribution in [3.8, 4) is 0 Å². The Morgan fingerprint density at radius 2 is 1.17 bits per heavy atom. The molecule has 124 valence electrons. The van der Waals surface area contributed by atoms with Crippen molar-refractivity contribution in [2.45, 2.75) is 6.42 Å². The van der Waals surface area contributed by atoms with Crippen LogP contribution in [0, 0.1) is 0 Å². The van der Waals surface area contributed by atoms with Crippen LogP contribution in [0.25, 0.3) is 0 Å². The summed E-state index contributed by atoms with van der Waals surface area (Å²) in [5.41, 5.74) is 0. The van der Waals surface area contributed by atoms with Gasteiger partial charge in [-0.25, -0.2) is 9.59 Å². The molecule has 0 aromatic carbocycles. The number of carbonyl (C=O) groups excluding carboxylic acids is 2. The summed E-state index contributed by atoms with van der Waals surface area (Å²) in [6, 6.07) is 0. The Morgan fingerprint density at radius 3 is 1.61 bits per heavy atom. The molecule has 0 radical (unpaired) electrons. The van der Waals surface area contributed by atoms with Crippen LogP contribution in [0.3, 0.4) is 0 Å². The van der Waals surface area contributed by atoms with Gasteiger partial charge in [-0.05, 0) is 17.9 Å². The molecule has 0 amide bonds. The SMILES string of the molecule is COC(=O)C1=C(C(=O)OC)SC(=C2SC3=C(SCCCS3)S2)S1. The number of hydrogen-bond donors (Lipinski definition) is 0. The first kappa shape index (κ1) is 18.1. The predicted molar refractivity (Wildman–Crippen MR) is 105 cm³/mol. The maximum atomic E-state index is 11.9. The van der Waals surface area contributed by atoms with Gasteiger partial charge in [0.15, 0.2) is 0 Å². The summed E-state index contributed by atoms with van der Waals surface area (Å²) in [5.74, 6) is 1.29. The first-order valence-corrected chi connectivity index (χ1v) is 11.7. The van der Waals surface area contributed by atoms with Crippen LogP contribution < -0.4 is 0 Å². The molecule has 0 saturated heterocycles. The van der Waals surface area contributed by atoms with Crippen LogP contribution in [-0.2, 0) is 19.1 Å². The van der Waals surface area contributed by atoms with Crippen LogP contribution in [0.4, 0.5) is 0 Å². The number of methoxy groups -OCH3 is 2. The van der Waals surface area contributed by atoms with Gasteiger partial charge in [0, 0.05) is 0 Å². The van der Waals surface area contributed by atoms with Crippen LogP contribution in [-0.4, -0.2) is 37.7 Å². The third-order valence-corrected chi connectivity index (χ3v) is 11.6. The van der Waals surface area contributed by atoms with Crippen molar-refractivity contribution in [3.05, 3.63) is 26.8 Å². The van der Waals surface area contributed by atoms with E-state index in [-0.39, 0.29) is 0 Å². The Bertz CT molecular complexity index is 601. The monoisotopic (exact) mass is 424 g/mol. The second-order valence-electron chi connectivity index (χ2n) is 4.25. The standard InChI is InChI=1S/C13H12O4S6/c1-16-8(14)6-7(9(15)17-2)21-12(20-6)13-22-10-11(23-13)19-5-3-4-18-10/h3-5H2,1-2H3. The highest BCUT2D eigenvalue weighted by Crippen LogP contribution is 2.64. The molecule has 0 N–H and O–H groups in total. The second kappa shape index (κ2) is 8.09. The fourth-order valence-electron chi connectivity index (χ4n) is 1.76. The topological polar surface area (TPSA) is 52.6 Å². The molecule has 3 aliphatic heterocycles. The van der Waals surface area contributed by atoms with E-state index in [2.05, 4.69) is 0 Å². The molecule has 0 unspecified atom stereocenters. The Morgan fingerprint density at radius 1 is 0.739 bits per heavy atom. The number of esters is 2. The van der Waals surface area contributed by atoms with Gasteiger partial charge in [0.1, 0.15) is 9.81 Å². The zero-order chi connectivity index (χ0) is 16.4. The molecular formula is C13H12O4S6. The van der Waals surface area contributed by atoms with E-state index in [4.69, 9.17) is 9.47 Å². The number of ether oxygens (including phenoxy) is 2. The molecule has 10 heteroatoms.